The topological polar surface area (TPSA) is 46.5 Å². The van der Waals surface area contributed by atoms with E-state index in [-0.39, 0.29) is 12.4 Å². The molecule has 3 nitrogen and oxygen atoms in total. The fourth-order valence-corrected chi connectivity index (χ4v) is 1.76. The second-order valence-corrected chi connectivity index (χ2v) is 3.39. The van der Waals surface area contributed by atoms with Crippen LogP contribution in [0.3, 0.4) is 0 Å². The van der Waals surface area contributed by atoms with Crippen LogP contribution in [-0.4, -0.2) is 24.3 Å². The molecular formula is C9H16O3. The summed E-state index contributed by atoms with van der Waals surface area (Å²) in [7, 11) is 1.35. The number of aliphatic hydroxyl groups excluding tert-OH is 1. The Morgan fingerprint density at radius 3 is 2.67 bits per heavy atom. The fourth-order valence-electron chi connectivity index (χ4n) is 1.76. The van der Waals surface area contributed by atoms with Gasteiger partial charge >= 0.3 is 5.97 Å². The predicted octanol–water partition coefficient (Wildman–Crippen LogP) is 1.10. The van der Waals surface area contributed by atoms with Gasteiger partial charge in [-0.3, -0.25) is 4.79 Å². The first kappa shape index (κ1) is 9.52. The molecule has 0 bridgehead atoms. The normalized spacial score (nSPS) is 20.8. The molecule has 12 heavy (non-hydrogen) atoms. The summed E-state index contributed by atoms with van der Waals surface area (Å²) in [5.74, 6) is 0.0125. The largest absolute Gasteiger partial charge is 0.469 e. The maximum Gasteiger partial charge on any atom is 0.308 e. The van der Waals surface area contributed by atoms with Gasteiger partial charge in [-0.1, -0.05) is 12.8 Å². The Hall–Kier alpha value is -0.570. The van der Waals surface area contributed by atoms with Gasteiger partial charge in [-0.15, -0.1) is 0 Å². The smallest absolute Gasteiger partial charge is 0.308 e. The third kappa shape index (κ3) is 2.48. The van der Waals surface area contributed by atoms with Crippen molar-refractivity contribution in [1.82, 2.24) is 0 Å². The minimum atomic E-state index is -0.486. The highest BCUT2D eigenvalue weighted by atomic mass is 16.5. The second-order valence-electron chi connectivity index (χ2n) is 3.39. The SMILES string of the molecule is COC(=O)C[C@@H](O)C1CCCC1. The van der Waals surface area contributed by atoms with Crippen molar-refractivity contribution in [2.45, 2.75) is 38.2 Å². The second kappa shape index (κ2) is 4.45. The lowest BCUT2D eigenvalue weighted by Gasteiger charge is -2.15. The highest BCUT2D eigenvalue weighted by Gasteiger charge is 2.25. The molecule has 1 aliphatic carbocycles. The summed E-state index contributed by atoms with van der Waals surface area (Å²) in [5, 5.41) is 9.55. The van der Waals surface area contributed by atoms with E-state index in [0.29, 0.717) is 5.92 Å². The van der Waals surface area contributed by atoms with E-state index in [1.165, 1.54) is 20.0 Å². The van der Waals surface area contributed by atoms with E-state index in [0.717, 1.165) is 12.8 Å². The zero-order valence-electron chi connectivity index (χ0n) is 7.45. The summed E-state index contributed by atoms with van der Waals surface area (Å²) < 4.78 is 4.48. The van der Waals surface area contributed by atoms with Gasteiger partial charge < -0.3 is 9.84 Å². The zero-order chi connectivity index (χ0) is 8.97. The molecule has 1 atom stereocenters. The van der Waals surface area contributed by atoms with E-state index in [9.17, 15) is 9.90 Å². The molecule has 0 aromatic carbocycles. The average molecular weight is 172 g/mol. The maximum atomic E-state index is 10.8. The Balaban J connectivity index is 2.26. The Kier molecular flexibility index (Phi) is 3.53. The Morgan fingerprint density at radius 2 is 2.17 bits per heavy atom. The monoisotopic (exact) mass is 172 g/mol. The van der Waals surface area contributed by atoms with Gasteiger partial charge in [0.25, 0.3) is 0 Å². The minimum absolute atomic E-state index is 0.154. The zero-order valence-corrected chi connectivity index (χ0v) is 7.45. The van der Waals surface area contributed by atoms with Gasteiger partial charge in [0.2, 0.25) is 0 Å². The van der Waals surface area contributed by atoms with Crippen LogP contribution in [0.4, 0.5) is 0 Å². The van der Waals surface area contributed by atoms with Gasteiger partial charge in [-0.25, -0.2) is 0 Å². The first-order chi connectivity index (χ1) is 5.74. The van der Waals surface area contributed by atoms with Crippen molar-refractivity contribution in [3.05, 3.63) is 0 Å². The van der Waals surface area contributed by atoms with Gasteiger partial charge in [0.1, 0.15) is 0 Å². The molecule has 1 saturated carbocycles. The molecule has 0 amide bonds. The van der Waals surface area contributed by atoms with E-state index in [1.807, 2.05) is 0 Å². The Labute approximate surface area is 72.7 Å². The molecule has 1 fully saturated rings. The number of aliphatic hydroxyl groups is 1. The molecule has 0 unspecified atom stereocenters. The van der Waals surface area contributed by atoms with Crippen LogP contribution in [0.1, 0.15) is 32.1 Å². The number of ether oxygens (including phenoxy) is 1. The lowest BCUT2D eigenvalue weighted by atomic mass is 9.98. The van der Waals surface area contributed by atoms with E-state index in [2.05, 4.69) is 4.74 Å². The fraction of sp³-hybridized carbons (Fsp3) is 0.889. The van der Waals surface area contributed by atoms with Crippen LogP contribution in [0.15, 0.2) is 0 Å². The number of carbonyl (C=O) groups is 1. The molecule has 70 valence electrons. The first-order valence-corrected chi connectivity index (χ1v) is 4.49. The molecule has 1 N–H and O–H groups in total. The van der Waals surface area contributed by atoms with Crippen LogP contribution in [0.2, 0.25) is 0 Å². The third-order valence-corrected chi connectivity index (χ3v) is 2.55. The van der Waals surface area contributed by atoms with Crippen molar-refractivity contribution in [3.8, 4) is 0 Å². The van der Waals surface area contributed by atoms with Crippen molar-refractivity contribution >= 4 is 5.97 Å². The standard InChI is InChI=1S/C9H16O3/c1-12-9(11)6-8(10)7-4-2-3-5-7/h7-8,10H,2-6H2,1H3/t8-/m1/s1. The number of esters is 1. The van der Waals surface area contributed by atoms with E-state index in [1.54, 1.807) is 0 Å². The summed E-state index contributed by atoms with van der Waals surface area (Å²) >= 11 is 0. The maximum absolute atomic E-state index is 10.8. The molecular weight excluding hydrogens is 156 g/mol. The average Bonchev–Trinajstić information content (AvgIpc) is 2.56. The lowest BCUT2D eigenvalue weighted by molar-refractivity contribution is -0.143. The predicted molar refractivity (Wildman–Crippen MR) is 44.6 cm³/mol. The van der Waals surface area contributed by atoms with Crippen molar-refractivity contribution in [3.63, 3.8) is 0 Å². The molecule has 0 aromatic heterocycles. The van der Waals surface area contributed by atoms with Gasteiger partial charge in [0.15, 0.2) is 0 Å². The lowest BCUT2D eigenvalue weighted by Crippen LogP contribution is -2.22. The molecule has 0 aliphatic heterocycles. The molecule has 0 heterocycles. The number of rotatable bonds is 3. The number of carbonyl (C=O) groups excluding carboxylic acids is 1. The van der Waals surface area contributed by atoms with Crippen LogP contribution in [0.25, 0.3) is 0 Å². The van der Waals surface area contributed by atoms with Crippen molar-refractivity contribution in [2.75, 3.05) is 7.11 Å². The van der Waals surface area contributed by atoms with Crippen molar-refractivity contribution in [2.24, 2.45) is 5.92 Å². The first-order valence-electron chi connectivity index (χ1n) is 4.49. The highest BCUT2D eigenvalue weighted by Crippen LogP contribution is 2.28. The molecule has 0 radical (unpaired) electrons. The van der Waals surface area contributed by atoms with Gasteiger partial charge in [-0.2, -0.15) is 0 Å². The van der Waals surface area contributed by atoms with Crippen LogP contribution in [0.5, 0.6) is 0 Å². The Bertz CT molecular complexity index is 150. The van der Waals surface area contributed by atoms with Crippen LogP contribution >= 0.6 is 0 Å². The molecule has 1 rings (SSSR count). The van der Waals surface area contributed by atoms with E-state index in [4.69, 9.17) is 0 Å². The third-order valence-electron chi connectivity index (χ3n) is 2.55. The van der Waals surface area contributed by atoms with Gasteiger partial charge in [-0.05, 0) is 18.8 Å². The minimum Gasteiger partial charge on any atom is -0.469 e. The molecule has 0 spiro atoms. The van der Waals surface area contributed by atoms with Gasteiger partial charge in [0.05, 0.1) is 19.6 Å². The molecule has 3 heteroatoms. The summed E-state index contributed by atoms with van der Waals surface area (Å²) in [6, 6.07) is 0. The summed E-state index contributed by atoms with van der Waals surface area (Å²) in [6.07, 6.45) is 4.14. The number of hydrogen-bond acceptors (Lipinski definition) is 3. The van der Waals surface area contributed by atoms with Crippen LogP contribution < -0.4 is 0 Å². The summed E-state index contributed by atoms with van der Waals surface area (Å²) in [5.41, 5.74) is 0. The number of hydrogen-bond donors (Lipinski definition) is 1. The van der Waals surface area contributed by atoms with Crippen LogP contribution in [0, 0.1) is 5.92 Å². The highest BCUT2D eigenvalue weighted by molar-refractivity contribution is 5.69. The van der Waals surface area contributed by atoms with Crippen LogP contribution in [-0.2, 0) is 9.53 Å². The quantitative estimate of drug-likeness (QED) is 0.648. The molecule has 0 aromatic rings. The van der Waals surface area contributed by atoms with Crippen molar-refractivity contribution in [1.29, 1.82) is 0 Å². The van der Waals surface area contributed by atoms with E-state index >= 15 is 0 Å². The summed E-state index contributed by atoms with van der Waals surface area (Å²) in [4.78, 5) is 10.8. The van der Waals surface area contributed by atoms with E-state index < -0.39 is 6.10 Å². The van der Waals surface area contributed by atoms with Crippen molar-refractivity contribution < 1.29 is 14.6 Å². The Morgan fingerprint density at radius 1 is 1.58 bits per heavy atom. The van der Waals surface area contributed by atoms with Gasteiger partial charge in [0, 0.05) is 0 Å². The molecule has 0 saturated heterocycles. The molecule has 1 aliphatic rings. The number of methoxy groups -OCH3 is 1. The summed E-state index contributed by atoms with van der Waals surface area (Å²) in [6.45, 7) is 0.